The van der Waals surface area contributed by atoms with Crippen molar-refractivity contribution in [2.75, 3.05) is 20.7 Å². The Hall–Kier alpha value is -1.26. The molecule has 2 amide bonds. The molecule has 1 atom stereocenters. The summed E-state index contributed by atoms with van der Waals surface area (Å²) in [6, 6.07) is 7.83. The lowest BCUT2D eigenvalue weighted by molar-refractivity contribution is 0.102. The number of nitrogens with zero attached hydrogens (tertiary/aromatic N) is 1. The summed E-state index contributed by atoms with van der Waals surface area (Å²) in [4.78, 5) is 13.6. The van der Waals surface area contributed by atoms with Crippen LogP contribution in [-0.2, 0) is 4.74 Å². The summed E-state index contributed by atoms with van der Waals surface area (Å²) >= 11 is 5.85. The maximum absolute atomic E-state index is 11.9. The number of urea groups is 1. The van der Waals surface area contributed by atoms with Gasteiger partial charge in [0.25, 0.3) is 0 Å². The predicted molar refractivity (Wildman–Crippen MR) is 75.4 cm³/mol. The molecule has 1 aromatic rings. The van der Waals surface area contributed by atoms with Gasteiger partial charge < -0.3 is 15.0 Å². The molecule has 19 heavy (non-hydrogen) atoms. The fourth-order valence-corrected chi connectivity index (χ4v) is 2.07. The van der Waals surface area contributed by atoms with E-state index in [9.17, 15) is 4.79 Å². The van der Waals surface area contributed by atoms with Crippen LogP contribution in [0.25, 0.3) is 0 Å². The fourth-order valence-electron chi connectivity index (χ4n) is 1.95. The van der Waals surface area contributed by atoms with E-state index in [1.807, 2.05) is 31.3 Å². The summed E-state index contributed by atoms with van der Waals surface area (Å²) in [6.45, 7) is 0.452. The number of hydrogen-bond donors (Lipinski definition) is 1. The van der Waals surface area contributed by atoms with E-state index in [1.165, 1.54) is 0 Å². The average Bonchev–Trinajstić information content (AvgIpc) is 3.24. The molecule has 1 aliphatic rings. The molecule has 0 radical (unpaired) electrons. The number of benzene rings is 1. The molecule has 1 saturated carbocycles. The number of methoxy groups -OCH3 is 1. The van der Waals surface area contributed by atoms with Crippen molar-refractivity contribution in [2.45, 2.75) is 25.0 Å². The topological polar surface area (TPSA) is 41.6 Å². The lowest BCUT2D eigenvalue weighted by Gasteiger charge is -2.21. The number of amides is 2. The molecular formula is C14H19ClN2O2. The summed E-state index contributed by atoms with van der Waals surface area (Å²) in [6.07, 6.45) is 2.05. The zero-order chi connectivity index (χ0) is 13.8. The van der Waals surface area contributed by atoms with E-state index in [-0.39, 0.29) is 12.1 Å². The first-order chi connectivity index (χ1) is 9.11. The molecule has 0 aromatic heterocycles. The Morgan fingerprint density at radius 1 is 1.47 bits per heavy atom. The number of hydrogen-bond acceptors (Lipinski definition) is 2. The van der Waals surface area contributed by atoms with Crippen LogP contribution in [0.15, 0.2) is 24.3 Å². The SMILES string of the molecule is COC(CNC(=O)N(C)C1CC1)c1ccc(Cl)cc1. The average molecular weight is 283 g/mol. The number of halogens is 1. The highest BCUT2D eigenvalue weighted by Gasteiger charge is 2.29. The van der Waals surface area contributed by atoms with E-state index in [1.54, 1.807) is 12.0 Å². The second-order valence-corrected chi connectivity index (χ2v) is 5.24. The van der Waals surface area contributed by atoms with Crippen LogP contribution in [0.4, 0.5) is 4.79 Å². The minimum atomic E-state index is -0.159. The number of ether oxygens (including phenoxy) is 1. The Morgan fingerprint density at radius 3 is 2.63 bits per heavy atom. The first-order valence-electron chi connectivity index (χ1n) is 6.40. The van der Waals surface area contributed by atoms with Crippen LogP contribution in [-0.4, -0.2) is 37.7 Å². The van der Waals surface area contributed by atoms with Crippen LogP contribution >= 0.6 is 11.6 Å². The minimum absolute atomic E-state index is 0.0430. The van der Waals surface area contributed by atoms with E-state index in [0.29, 0.717) is 17.6 Å². The van der Waals surface area contributed by atoms with Crippen LogP contribution in [0.1, 0.15) is 24.5 Å². The van der Waals surface area contributed by atoms with Gasteiger partial charge in [0, 0.05) is 31.8 Å². The van der Waals surface area contributed by atoms with Gasteiger partial charge in [-0.1, -0.05) is 23.7 Å². The van der Waals surface area contributed by atoms with Crippen molar-refractivity contribution in [3.05, 3.63) is 34.9 Å². The van der Waals surface area contributed by atoms with Crippen LogP contribution < -0.4 is 5.32 Å². The van der Waals surface area contributed by atoms with Gasteiger partial charge in [-0.3, -0.25) is 0 Å². The summed E-state index contributed by atoms with van der Waals surface area (Å²) < 4.78 is 5.41. The quantitative estimate of drug-likeness (QED) is 0.902. The molecule has 0 heterocycles. The molecule has 1 unspecified atom stereocenters. The lowest BCUT2D eigenvalue weighted by Crippen LogP contribution is -2.40. The third-order valence-electron chi connectivity index (χ3n) is 3.38. The third-order valence-corrected chi connectivity index (χ3v) is 3.63. The molecule has 4 nitrogen and oxygen atoms in total. The third kappa shape index (κ3) is 3.85. The minimum Gasteiger partial charge on any atom is -0.375 e. The maximum atomic E-state index is 11.9. The smallest absolute Gasteiger partial charge is 0.317 e. The molecule has 0 saturated heterocycles. The number of rotatable bonds is 5. The van der Waals surface area contributed by atoms with Crippen LogP contribution in [0.3, 0.4) is 0 Å². The Bertz CT molecular complexity index is 432. The maximum Gasteiger partial charge on any atom is 0.317 e. The van der Waals surface area contributed by atoms with Crippen molar-refractivity contribution >= 4 is 17.6 Å². The summed E-state index contributed by atoms with van der Waals surface area (Å²) in [7, 11) is 3.47. The van der Waals surface area contributed by atoms with Crippen molar-refractivity contribution in [1.29, 1.82) is 0 Å². The molecule has 0 aliphatic heterocycles. The van der Waals surface area contributed by atoms with Crippen molar-refractivity contribution < 1.29 is 9.53 Å². The van der Waals surface area contributed by atoms with Crippen LogP contribution in [0.2, 0.25) is 5.02 Å². The summed E-state index contributed by atoms with van der Waals surface area (Å²) in [5, 5.41) is 3.59. The molecular weight excluding hydrogens is 264 g/mol. The van der Waals surface area contributed by atoms with Gasteiger partial charge in [0.1, 0.15) is 0 Å². The molecule has 5 heteroatoms. The monoisotopic (exact) mass is 282 g/mol. The van der Waals surface area contributed by atoms with Gasteiger partial charge in [-0.05, 0) is 30.5 Å². The first kappa shape index (κ1) is 14.2. The number of carbonyl (C=O) groups is 1. The lowest BCUT2D eigenvalue weighted by atomic mass is 10.1. The molecule has 1 fully saturated rings. The van der Waals surface area contributed by atoms with Gasteiger partial charge in [0.2, 0.25) is 0 Å². The van der Waals surface area contributed by atoms with E-state index in [4.69, 9.17) is 16.3 Å². The zero-order valence-corrected chi connectivity index (χ0v) is 12.0. The molecule has 0 bridgehead atoms. The van der Waals surface area contributed by atoms with Crippen LogP contribution in [0, 0.1) is 0 Å². The predicted octanol–water partition coefficient (Wildman–Crippen LogP) is 2.83. The van der Waals surface area contributed by atoms with Gasteiger partial charge >= 0.3 is 6.03 Å². The molecule has 104 valence electrons. The second-order valence-electron chi connectivity index (χ2n) is 4.80. The van der Waals surface area contributed by atoms with E-state index in [0.717, 1.165) is 18.4 Å². The summed E-state index contributed by atoms with van der Waals surface area (Å²) in [5.74, 6) is 0. The highest BCUT2D eigenvalue weighted by atomic mass is 35.5. The fraction of sp³-hybridized carbons (Fsp3) is 0.500. The normalized spacial score (nSPS) is 15.9. The van der Waals surface area contributed by atoms with Crippen molar-refractivity contribution in [2.24, 2.45) is 0 Å². The highest BCUT2D eigenvalue weighted by molar-refractivity contribution is 6.30. The molecule has 2 rings (SSSR count). The van der Waals surface area contributed by atoms with Crippen molar-refractivity contribution in [3.63, 3.8) is 0 Å². The van der Waals surface area contributed by atoms with Crippen molar-refractivity contribution in [3.8, 4) is 0 Å². The standard InChI is InChI=1S/C14H19ClN2O2/c1-17(12-7-8-12)14(18)16-9-13(19-2)10-3-5-11(15)6-4-10/h3-6,12-13H,7-9H2,1-2H3,(H,16,18). The first-order valence-corrected chi connectivity index (χ1v) is 6.78. The van der Waals surface area contributed by atoms with E-state index in [2.05, 4.69) is 5.32 Å². The summed E-state index contributed by atoms with van der Waals surface area (Å²) in [5.41, 5.74) is 1.00. The largest absolute Gasteiger partial charge is 0.375 e. The van der Waals surface area contributed by atoms with Gasteiger partial charge in [-0.25, -0.2) is 4.79 Å². The van der Waals surface area contributed by atoms with Gasteiger partial charge in [0.15, 0.2) is 0 Å². The molecule has 0 spiro atoms. The Labute approximate surface area is 118 Å². The van der Waals surface area contributed by atoms with Gasteiger partial charge in [-0.15, -0.1) is 0 Å². The Morgan fingerprint density at radius 2 is 2.11 bits per heavy atom. The van der Waals surface area contributed by atoms with E-state index < -0.39 is 0 Å². The highest BCUT2D eigenvalue weighted by Crippen LogP contribution is 2.25. The van der Waals surface area contributed by atoms with Crippen LogP contribution in [0.5, 0.6) is 0 Å². The Kier molecular flexibility index (Phi) is 4.66. The number of nitrogens with one attached hydrogen (secondary N) is 1. The second kappa shape index (κ2) is 6.26. The molecule has 1 N–H and O–H groups in total. The van der Waals surface area contributed by atoms with Gasteiger partial charge in [0.05, 0.1) is 6.10 Å². The molecule has 1 aromatic carbocycles. The van der Waals surface area contributed by atoms with Crippen molar-refractivity contribution in [1.82, 2.24) is 10.2 Å². The number of carbonyl (C=O) groups excluding carboxylic acids is 1. The molecule has 1 aliphatic carbocycles. The Balaban J connectivity index is 1.88. The van der Waals surface area contributed by atoms with Gasteiger partial charge in [-0.2, -0.15) is 0 Å². The van der Waals surface area contributed by atoms with E-state index >= 15 is 0 Å². The zero-order valence-electron chi connectivity index (χ0n) is 11.2.